The zero-order valence-electron chi connectivity index (χ0n) is 17.6. The van der Waals surface area contributed by atoms with Crippen LogP contribution in [0.25, 0.3) is 5.69 Å². The maximum absolute atomic E-state index is 13.1. The van der Waals surface area contributed by atoms with Crippen LogP contribution in [0.15, 0.2) is 53.7 Å². The number of nitrogens with zero attached hydrogens (tertiary/aromatic N) is 5. The van der Waals surface area contributed by atoms with Crippen molar-refractivity contribution in [3.8, 4) is 11.4 Å². The molecule has 0 unspecified atom stereocenters. The lowest BCUT2D eigenvalue weighted by Crippen LogP contribution is -2.35. The fourth-order valence-corrected chi connectivity index (χ4v) is 5.34. The van der Waals surface area contributed by atoms with E-state index in [-0.39, 0.29) is 23.0 Å². The summed E-state index contributed by atoms with van der Waals surface area (Å²) >= 11 is 0. The molecule has 2 heterocycles. The summed E-state index contributed by atoms with van der Waals surface area (Å²) in [6.45, 7) is 0.978. The van der Waals surface area contributed by atoms with Gasteiger partial charge in [0.25, 0.3) is 0 Å². The van der Waals surface area contributed by atoms with Gasteiger partial charge in [0.1, 0.15) is 17.0 Å². The van der Waals surface area contributed by atoms with Crippen LogP contribution in [0.4, 0.5) is 5.69 Å². The predicted octanol–water partition coefficient (Wildman–Crippen LogP) is 2.03. The van der Waals surface area contributed by atoms with Crippen LogP contribution in [0.3, 0.4) is 0 Å². The number of anilines is 1. The van der Waals surface area contributed by atoms with E-state index in [0.717, 1.165) is 30.5 Å². The number of ether oxygens (including phenoxy) is 1. The fraction of sp³-hybridized carbons (Fsp3) is 0.333. The Kier molecular flexibility index (Phi) is 6.47. The normalized spacial score (nSPS) is 14.8. The highest BCUT2D eigenvalue weighted by atomic mass is 32.2. The van der Waals surface area contributed by atoms with Crippen molar-refractivity contribution in [2.45, 2.75) is 30.6 Å². The van der Waals surface area contributed by atoms with Gasteiger partial charge in [-0.1, -0.05) is 18.6 Å². The number of methoxy groups -OCH3 is 1. The van der Waals surface area contributed by atoms with Crippen molar-refractivity contribution in [2.75, 3.05) is 25.5 Å². The van der Waals surface area contributed by atoms with E-state index in [1.807, 2.05) is 24.3 Å². The molecule has 1 aromatic heterocycles. The Hall–Kier alpha value is -3.31. The molecule has 0 bridgehead atoms. The van der Waals surface area contributed by atoms with Crippen LogP contribution in [-0.4, -0.2) is 59.0 Å². The summed E-state index contributed by atoms with van der Waals surface area (Å²) in [7, 11) is -2.28. The lowest BCUT2D eigenvalue weighted by Gasteiger charge is -2.26. The molecule has 1 amide bonds. The minimum Gasteiger partial charge on any atom is -0.495 e. The molecule has 11 heteroatoms. The molecule has 1 N–H and O–H groups in total. The van der Waals surface area contributed by atoms with Gasteiger partial charge in [-0.2, -0.15) is 4.31 Å². The second-order valence-electron chi connectivity index (χ2n) is 7.48. The third-order valence-corrected chi connectivity index (χ3v) is 7.21. The zero-order chi connectivity index (χ0) is 22.6. The fourth-order valence-electron chi connectivity index (χ4n) is 3.64. The number of nitrogens with one attached hydrogen (secondary N) is 1. The van der Waals surface area contributed by atoms with Gasteiger partial charge in [-0.15, -0.1) is 5.10 Å². The summed E-state index contributed by atoms with van der Waals surface area (Å²) in [4.78, 5) is 12.6. The van der Waals surface area contributed by atoms with E-state index in [2.05, 4.69) is 20.8 Å². The van der Waals surface area contributed by atoms with E-state index in [1.54, 1.807) is 12.1 Å². The van der Waals surface area contributed by atoms with Crippen LogP contribution in [0, 0.1) is 0 Å². The van der Waals surface area contributed by atoms with Crippen molar-refractivity contribution in [2.24, 2.45) is 0 Å². The molecule has 1 aliphatic rings. The third kappa shape index (κ3) is 4.78. The summed E-state index contributed by atoms with van der Waals surface area (Å²) in [6, 6.07) is 11.9. The monoisotopic (exact) mass is 456 g/mol. The smallest absolute Gasteiger partial charge is 0.246 e. The molecule has 0 aliphatic carbocycles. The maximum Gasteiger partial charge on any atom is 0.246 e. The zero-order valence-corrected chi connectivity index (χ0v) is 18.5. The van der Waals surface area contributed by atoms with Crippen LogP contribution in [0.5, 0.6) is 5.75 Å². The van der Waals surface area contributed by atoms with Crippen LogP contribution < -0.4 is 10.1 Å². The number of tetrazole rings is 1. The van der Waals surface area contributed by atoms with Crippen LogP contribution in [0.1, 0.15) is 24.8 Å². The molecule has 10 nitrogen and oxygen atoms in total. The quantitative estimate of drug-likeness (QED) is 0.578. The Morgan fingerprint density at radius 3 is 2.50 bits per heavy atom. The van der Waals surface area contributed by atoms with Crippen LogP contribution >= 0.6 is 0 Å². The summed E-state index contributed by atoms with van der Waals surface area (Å²) in [5, 5.41) is 13.8. The molecule has 168 valence electrons. The first-order valence-electron chi connectivity index (χ1n) is 10.3. The number of carbonyl (C=O) groups is 1. The molecule has 3 aromatic rings. The minimum absolute atomic E-state index is 0.0606. The standard InChI is InChI=1S/C21H24N6O4S/c1-31-19-10-7-17(14-20(19)32(29,30)26-11-3-2-4-12-26)23-21(28)13-16-5-8-18(9-6-16)27-15-22-24-25-27/h5-10,14-15H,2-4,11-13H2,1H3,(H,23,28). The average molecular weight is 457 g/mol. The van der Waals surface area contributed by atoms with E-state index in [0.29, 0.717) is 18.8 Å². The molecule has 0 atom stereocenters. The Labute approximate surface area is 186 Å². The lowest BCUT2D eigenvalue weighted by atomic mass is 10.1. The Morgan fingerprint density at radius 2 is 1.84 bits per heavy atom. The maximum atomic E-state index is 13.1. The molecule has 0 saturated carbocycles. The topological polar surface area (TPSA) is 119 Å². The predicted molar refractivity (Wildman–Crippen MR) is 117 cm³/mol. The second kappa shape index (κ2) is 9.45. The molecule has 1 fully saturated rings. The van der Waals surface area contributed by atoms with Crippen molar-refractivity contribution >= 4 is 21.6 Å². The molecular formula is C21H24N6O4S. The number of hydrogen-bond donors (Lipinski definition) is 1. The van der Waals surface area contributed by atoms with E-state index in [1.165, 1.54) is 28.5 Å². The minimum atomic E-state index is -3.71. The molecule has 32 heavy (non-hydrogen) atoms. The van der Waals surface area contributed by atoms with Gasteiger partial charge in [0.15, 0.2) is 0 Å². The van der Waals surface area contributed by atoms with Crippen molar-refractivity contribution in [1.29, 1.82) is 0 Å². The van der Waals surface area contributed by atoms with Gasteiger partial charge >= 0.3 is 0 Å². The SMILES string of the molecule is COc1ccc(NC(=O)Cc2ccc(-n3cnnn3)cc2)cc1S(=O)(=O)N1CCCCC1. The molecule has 0 radical (unpaired) electrons. The van der Waals surface area contributed by atoms with Crippen LogP contribution in [0.2, 0.25) is 0 Å². The summed E-state index contributed by atoms with van der Waals surface area (Å²) in [6.07, 6.45) is 4.32. The number of hydrogen-bond acceptors (Lipinski definition) is 7. The first-order chi connectivity index (χ1) is 15.5. The number of benzene rings is 2. The number of sulfonamides is 1. The van der Waals surface area contributed by atoms with E-state index in [4.69, 9.17) is 4.74 Å². The highest BCUT2D eigenvalue weighted by molar-refractivity contribution is 7.89. The van der Waals surface area contributed by atoms with Gasteiger partial charge in [-0.3, -0.25) is 4.79 Å². The van der Waals surface area contributed by atoms with Gasteiger partial charge in [-0.05, 0) is 59.2 Å². The van der Waals surface area contributed by atoms with E-state index < -0.39 is 10.0 Å². The summed E-state index contributed by atoms with van der Waals surface area (Å²) in [5.41, 5.74) is 1.98. The Morgan fingerprint density at radius 1 is 1.09 bits per heavy atom. The van der Waals surface area contributed by atoms with Gasteiger partial charge in [0, 0.05) is 18.8 Å². The van der Waals surface area contributed by atoms with Gasteiger partial charge in [0.2, 0.25) is 15.9 Å². The number of carbonyl (C=O) groups excluding carboxylic acids is 1. The molecule has 0 spiro atoms. The summed E-state index contributed by atoms with van der Waals surface area (Å²) in [5.74, 6) is -0.00146. The molecule has 1 saturated heterocycles. The largest absolute Gasteiger partial charge is 0.495 e. The van der Waals surface area contributed by atoms with Crippen molar-refractivity contribution in [1.82, 2.24) is 24.5 Å². The molecular weight excluding hydrogens is 432 g/mol. The number of piperidine rings is 1. The van der Waals surface area contributed by atoms with Crippen molar-refractivity contribution in [3.05, 3.63) is 54.4 Å². The first kappa shape index (κ1) is 21.9. The highest BCUT2D eigenvalue weighted by Crippen LogP contribution is 2.31. The van der Waals surface area contributed by atoms with E-state index in [9.17, 15) is 13.2 Å². The Bertz CT molecular complexity index is 1170. The highest BCUT2D eigenvalue weighted by Gasteiger charge is 2.29. The number of aromatic nitrogens is 4. The number of rotatable bonds is 7. The van der Waals surface area contributed by atoms with Crippen molar-refractivity contribution in [3.63, 3.8) is 0 Å². The third-order valence-electron chi connectivity index (χ3n) is 5.29. The molecule has 2 aromatic carbocycles. The Balaban J connectivity index is 1.48. The van der Waals surface area contributed by atoms with E-state index >= 15 is 0 Å². The second-order valence-corrected chi connectivity index (χ2v) is 9.38. The summed E-state index contributed by atoms with van der Waals surface area (Å²) < 4.78 is 34.6. The number of amides is 1. The first-order valence-corrected chi connectivity index (χ1v) is 11.7. The molecule has 4 rings (SSSR count). The average Bonchev–Trinajstić information content (AvgIpc) is 3.35. The van der Waals surface area contributed by atoms with Gasteiger partial charge < -0.3 is 10.1 Å². The van der Waals surface area contributed by atoms with Crippen LogP contribution in [-0.2, 0) is 21.2 Å². The molecule has 1 aliphatic heterocycles. The lowest BCUT2D eigenvalue weighted by molar-refractivity contribution is -0.115. The van der Waals surface area contributed by atoms with Gasteiger partial charge in [0.05, 0.1) is 19.2 Å². The van der Waals surface area contributed by atoms with Crippen molar-refractivity contribution < 1.29 is 17.9 Å². The van der Waals surface area contributed by atoms with Gasteiger partial charge in [-0.25, -0.2) is 13.1 Å².